The maximum Gasteiger partial charge on any atom is 0.108 e. The van der Waals surface area contributed by atoms with Crippen molar-refractivity contribution in [2.75, 3.05) is 0 Å². The largest absolute Gasteiger partial charge is 0.390 e. The van der Waals surface area contributed by atoms with Crippen LogP contribution in [0.25, 0.3) is 0 Å². The van der Waals surface area contributed by atoms with Gasteiger partial charge < -0.3 is 14.8 Å². The smallest absolute Gasteiger partial charge is 0.108 e. The number of aromatic nitrogens is 1. The van der Waals surface area contributed by atoms with E-state index in [1.807, 2.05) is 29.1 Å². The topological polar surface area (TPSA) is 45.4 Å². The van der Waals surface area contributed by atoms with Gasteiger partial charge in [0.25, 0.3) is 0 Å². The van der Waals surface area contributed by atoms with Gasteiger partial charge in [-0.05, 0) is 31.4 Å². The molecule has 0 aromatic carbocycles. The highest BCUT2D eigenvalue weighted by atomic mass is 16.3. The molecule has 72 valence electrons. The molecule has 1 heterocycles. The summed E-state index contributed by atoms with van der Waals surface area (Å²) in [4.78, 5) is 0. The zero-order valence-electron chi connectivity index (χ0n) is 7.56. The Morgan fingerprint density at radius 3 is 2.62 bits per heavy atom. The van der Waals surface area contributed by atoms with Crippen LogP contribution in [0.5, 0.6) is 0 Å². The minimum absolute atomic E-state index is 0.501. The molecule has 13 heavy (non-hydrogen) atoms. The third kappa shape index (κ3) is 1.62. The van der Waals surface area contributed by atoms with Gasteiger partial charge in [0.1, 0.15) is 5.60 Å². The molecule has 0 spiro atoms. The molecule has 3 heteroatoms. The first-order valence-corrected chi connectivity index (χ1v) is 4.72. The molecule has 2 unspecified atom stereocenters. The van der Waals surface area contributed by atoms with Gasteiger partial charge in [0.15, 0.2) is 0 Å². The summed E-state index contributed by atoms with van der Waals surface area (Å²) in [7, 11) is 0. The summed E-state index contributed by atoms with van der Waals surface area (Å²) in [6.45, 7) is 0.501. The molecule has 0 amide bonds. The van der Waals surface area contributed by atoms with Gasteiger partial charge in [-0.1, -0.05) is 0 Å². The van der Waals surface area contributed by atoms with Crippen molar-refractivity contribution in [3.8, 4) is 0 Å². The maximum absolute atomic E-state index is 10.1. The van der Waals surface area contributed by atoms with Gasteiger partial charge in [-0.3, -0.25) is 0 Å². The molecule has 1 fully saturated rings. The van der Waals surface area contributed by atoms with Crippen molar-refractivity contribution in [1.29, 1.82) is 0 Å². The van der Waals surface area contributed by atoms with E-state index in [1.165, 1.54) is 0 Å². The number of nitrogens with zero attached hydrogens (tertiary/aromatic N) is 1. The SMILES string of the molecule is OC1CCCC1(O)Cn1cccc1. The van der Waals surface area contributed by atoms with Crippen molar-refractivity contribution in [3.05, 3.63) is 24.5 Å². The lowest BCUT2D eigenvalue weighted by atomic mass is 10.0. The van der Waals surface area contributed by atoms with E-state index in [0.717, 1.165) is 12.8 Å². The van der Waals surface area contributed by atoms with Crippen LogP contribution in [0.4, 0.5) is 0 Å². The van der Waals surface area contributed by atoms with Crippen LogP contribution in [0, 0.1) is 0 Å². The lowest BCUT2D eigenvalue weighted by Crippen LogP contribution is -2.41. The van der Waals surface area contributed by atoms with Crippen molar-refractivity contribution < 1.29 is 10.2 Å². The van der Waals surface area contributed by atoms with Crippen LogP contribution in [0.3, 0.4) is 0 Å². The minimum Gasteiger partial charge on any atom is -0.390 e. The zero-order chi connectivity index (χ0) is 9.31. The Bertz CT molecular complexity index is 270. The highest BCUT2D eigenvalue weighted by molar-refractivity contribution is 4.97. The quantitative estimate of drug-likeness (QED) is 0.707. The van der Waals surface area contributed by atoms with Crippen molar-refractivity contribution in [1.82, 2.24) is 4.57 Å². The van der Waals surface area contributed by atoms with Gasteiger partial charge in [0.05, 0.1) is 12.6 Å². The average molecular weight is 181 g/mol. The fourth-order valence-electron chi connectivity index (χ4n) is 2.01. The number of aliphatic hydroxyl groups is 2. The Balaban J connectivity index is 2.08. The summed E-state index contributed by atoms with van der Waals surface area (Å²) in [6, 6.07) is 3.84. The Morgan fingerprint density at radius 2 is 2.08 bits per heavy atom. The Labute approximate surface area is 77.6 Å². The third-order valence-corrected chi connectivity index (χ3v) is 2.83. The molecule has 1 saturated carbocycles. The molecule has 0 radical (unpaired) electrons. The van der Waals surface area contributed by atoms with Gasteiger partial charge in [-0.2, -0.15) is 0 Å². The highest BCUT2D eigenvalue weighted by Gasteiger charge is 2.40. The molecule has 0 aliphatic heterocycles. The molecular formula is C10H15NO2. The second-order valence-electron chi connectivity index (χ2n) is 3.87. The number of rotatable bonds is 2. The summed E-state index contributed by atoms with van der Waals surface area (Å²) in [5.41, 5.74) is -0.904. The molecule has 1 aromatic rings. The summed E-state index contributed by atoms with van der Waals surface area (Å²) in [6.07, 6.45) is 5.59. The van der Waals surface area contributed by atoms with E-state index in [-0.39, 0.29) is 0 Å². The molecule has 2 N–H and O–H groups in total. The Morgan fingerprint density at radius 1 is 1.38 bits per heavy atom. The molecule has 0 saturated heterocycles. The summed E-state index contributed by atoms with van der Waals surface area (Å²) in [5, 5.41) is 19.6. The van der Waals surface area contributed by atoms with Crippen LogP contribution >= 0.6 is 0 Å². The van der Waals surface area contributed by atoms with Crippen LogP contribution in [-0.4, -0.2) is 26.5 Å². The van der Waals surface area contributed by atoms with Gasteiger partial charge in [-0.25, -0.2) is 0 Å². The van der Waals surface area contributed by atoms with Crippen molar-refractivity contribution in [2.24, 2.45) is 0 Å². The average Bonchev–Trinajstić information content (AvgIpc) is 2.65. The normalized spacial score (nSPS) is 33.8. The summed E-state index contributed by atoms with van der Waals surface area (Å²) >= 11 is 0. The monoisotopic (exact) mass is 181 g/mol. The first kappa shape index (κ1) is 8.78. The van der Waals surface area contributed by atoms with E-state index in [0.29, 0.717) is 13.0 Å². The number of hydrogen-bond acceptors (Lipinski definition) is 2. The van der Waals surface area contributed by atoms with E-state index in [2.05, 4.69) is 0 Å². The molecular weight excluding hydrogens is 166 g/mol. The van der Waals surface area contributed by atoms with E-state index >= 15 is 0 Å². The lowest BCUT2D eigenvalue weighted by molar-refractivity contribution is -0.0640. The van der Waals surface area contributed by atoms with E-state index < -0.39 is 11.7 Å². The fraction of sp³-hybridized carbons (Fsp3) is 0.600. The lowest BCUT2D eigenvalue weighted by Gasteiger charge is -2.26. The first-order chi connectivity index (χ1) is 6.21. The van der Waals surface area contributed by atoms with Gasteiger partial charge >= 0.3 is 0 Å². The second kappa shape index (κ2) is 3.16. The Kier molecular flexibility index (Phi) is 2.14. The predicted molar refractivity (Wildman–Crippen MR) is 49.2 cm³/mol. The minimum atomic E-state index is -0.904. The van der Waals surface area contributed by atoms with Crippen LogP contribution in [0.15, 0.2) is 24.5 Å². The molecule has 2 atom stereocenters. The van der Waals surface area contributed by atoms with E-state index in [4.69, 9.17) is 0 Å². The van der Waals surface area contributed by atoms with Crippen molar-refractivity contribution in [2.45, 2.75) is 37.5 Å². The van der Waals surface area contributed by atoms with Gasteiger partial charge in [0.2, 0.25) is 0 Å². The summed E-state index contributed by atoms with van der Waals surface area (Å²) in [5.74, 6) is 0. The van der Waals surface area contributed by atoms with Gasteiger partial charge in [0, 0.05) is 12.4 Å². The van der Waals surface area contributed by atoms with Crippen LogP contribution in [-0.2, 0) is 6.54 Å². The Hall–Kier alpha value is -0.800. The maximum atomic E-state index is 10.1. The van der Waals surface area contributed by atoms with Crippen LogP contribution in [0.2, 0.25) is 0 Å². The summed E-state index contributed by atoms with van der Waals surface area (Å²) < 4.78 is 1.91. The van der Waals surface area contributed by atoms with Crippen molar-refractivity contribution >= 4 is 0 Å². The zero-order valence-corrected chi connectivity index (χ0v) is 7.56. The first-order valence-electron chi connectivity index (χ1n) is 4.72. The second-order valence-corrected chi connectivity index (χ2v) is 3.87. The molecule has 1 aliphatic carbocycles. The number of hydrogen-bond donors (Lipinski definition) is 2. The predicted octanol–water partition coefficient (Wildman–Crippen LogP) is 0.764. The molecule has 0 bridgehead atoms. The van der Waals surface area contributed by atoms with E-state index in [9.17, 15) is 10.2 Å². The fourth-order valence-corrected chi connectivity index (χ4v) is 2.01. The third-order valence-electron chi connectivity index (χ3n) is 2.83. The molecule has 1 aromatic heterocycles. The number of aliphatic hydroxyl groups excluding tert-OH is 1. The van der Waals surface area contributed by atoms with Crippen LogP contribution in [0.1, 0.15) is 19.3 Å². The van der Waals surface area contributed by atoms with Gasteiger partial charge in [-0.15, -0.1) is 0 Å². The van der Waals surface area contributed by atoms with E-state index in [1.54, 1.807) is 0 Å². The molecule has 3 nitrogen and oxygen atoms in total. The standard InChI is InChI=1S/C10H15NO2/c12-9-4-3-5-10(9,13)8-11-6-1-2-7-11/h1-2,6-7,9,12-13H,3-5,8H2. The van der Waals surface area contributed by atoms with Crippen LogP contribution < -0.4 is 0 Å². The molecule has 2 rings (SSSR count). The molecule has 1 aliphatic rings. The highest BCUT2D eigenvalue weighted by Crippen LogP contribution is 2.31. The van der Waals surface area contributed by atoms with Crippen molar-refractivity contribution in [3.63, 3.8) is 0 Å².